The van der Waals surface area contributed by atoms with E-state index in [0.29, 0.717) is 17.9 Å². The summed E-state index contributed by atoms with van der Waals surface area (Å²) in [5, 5.41) is 2.58. The van der Waals surface area contributed by atoms with E-state index in [1.54, 1.807) is 0 Å². The van der Waals surface area contributed by atoms with Crippen LogP contribution in [0.25, 0.3) is 0 Å². The quantitative estimate of drug-likeness (QED) is 0.267. The van der Waals surface area contributed by atoms with E-state index in [2.05, 4.69) is 37.2 Å². The fraction of sp³-hybridized carbons (Fsp3) is 0.560. The standard InChI is InChI=1S/C25H28Br2N2O7/c1-11(2)9-35-25(34)13-4-6-14(7-5-13)28-17(30)10-36-24(33)12(3)29-22(31)18-15-8-16(19(18)23(29)32)21(27)20(15)26/h4-7,11-12,15-16,18-21H,8-10H2,1-3H3,(H,28,30)/t12-,15+,16+,18+,19+,20-,21+/m0/s1. The van der Waals surface area contributed by atoms with Gasteiger partial charge >= 0.3 is 11.9 Å². The summed E-state index contributed by atoms with van der Waals surface area (Å²) in [7, 11) is 0. The number of fused-ring (bicyclic) bond motifs is 5. The molecule has 2 aliphatic carbocycles. The Hall–Kier alpha value is -2.27. The van der Waals surface area contributed by atoms with Crippen LogP contribution in [0.5, 0.6) is 0 Å². The third-order valence-corrected chi connectivity index (χ3v) is 10.3. The van der Waals surface area contributed by atoms with Crippen molar-refractivity contribution in [3.8, 4) is 0 Å². The number of alkyl halides is 2. The van der Waals surface area contributed by atoms with Crippen molar-refractivity contribution in [2.75, 3.05) is 18.5 Å². The number of rotatable bonds is 8. The Bertz CT molecular complexity index is 1040. The fourth-order valence-corrected chi connectivity index (χ4v) is 7.20. The number of nitrogens with one attached hydrogen (secondary N) is 1. The van der Waals surface area contributed by atoms with Gasteiger partial charge in [-0.25, -0.2) is 9.59 Å². The number of carbonyl (C=O) groups excluding carboxylic acids is 5. The van der Waals surface area contributed by atoms with Crippen molar-refractivity contribution in [1.82, 2.24) is 4.90 Å². The number of anilines is 1. The van der Waals surface area contributed by atoms with E-state index in [4.69, 9.17) is 9.47 Å². The summed E-state index contributed by atoms with van der Waals surface area (Å²) in [6.07, 6.45) is 0.797. The van der Waals surface area contributed by atoms with E-state index < -0.39 is 42.3 Å². The lowest BCUT2D eigenvalue weighted by atomic mass is 9.81. The number of halogens is 2. The molecule has 36 heavy (non-hydrogen) atoms. The van der Waals surface area contributed by atoms with E-state index in [1.165, 1.54) is 31.2 Å². The van der Waals surface area contributed by atoms with Crippen molar-refractivity contribution >= 4 is 67.2 Å². The van der Waals surface area contributed by atoms with Crippen molar-refractivity contribution in [2.24, 2.45) is 29.6 Å². The van der Waals surface area contributed by atoms with Gasteiger partial charge in [-0.1, -0.05) is 45.7 Å². The first kappa shape index (κ1) is 26.8. The zero-order chi connectivity index (χ0) is 26.3. The lowest BCUT2D eigenvalue weighted by Crippen LogP contribution is -2.45. The van der Waals surface area contributed by atoms with Crippen LogP contribution < -0.4 is 5.32 Å². The Kier molecular flexibility index (Phi) is 7.89. The van der Waals surface area contributed by atoms with Crippen LogP contribution >= 0.6 is 31.9 Å². The lowest BCUT2D eigenvalue weighted by Gasteiger charge is -2.28. The molecule has 1 aromatic rings. The minimum absolute atomic E-state index is 0.0447. The van der Waals surface area contributed by atoms with Gasteiger partial charge in [0.1, 0.15) is 6.04 Å². The van der Waals surface area contributed by atoms with Crippen molar-refractivity contribution < 1.29 is 33.4 Å². The number of ether oxygens (including phenoxy) is 2. The van der Waals surface area contributed by atoms with Crippen molar-refractivity contribution in [3.05, 3.63) is 29.8 Å². The maximum atomic E-state index is 13.1. The molecule has 1 heterocycles. The molecule has 11 heteroatoms. The Morgan fingerprint density at radius 3 is 2.06 bits per heavy atom. The topological polar surface area (TPSA) is 119 Å². The predicted octanol–water partition coefficient (Wildman–Crippen LogP) is 3.15. The first-order chi connectivity index (χ1) is 17.0. The minimum atomic E-state index is -1.12. The van der Waals surface area contributed by atoms with Gasteiger partial charge in [0.25, 0.3) is 5.91 Å². The summed E-state index contributed by atoms with van der Waals surface area (Å²) >= 11 is 7.27. The minimum Gasteiger partial charge on any atom is -0.462 e. The molecule has 7 atom stereocenters. The molecule has 1 saturated heterocycles. The van der Waals surface area contributed by atoms with Gasteiger partial charge < -0.3 is 14.8 Å². The van der Waals surface area contributed by atoms with Gasteiger partial charge in [0.15, 0.2) is 6.61 Å². The molecule has 0 aromatic heterocycles. The van der Waals surface area contributed by atoms with Gasteiger partial charge in [-0.15, -0.1) is 0 Å². The molecule has 4 rings (SSSR count). The van der Waals surface area contributed by atoms with Gasteiger partial charge in [0.2, 0.25) is 11.8 Å². The van der Waals surface area contributed by atoms with Crippen LogP contribution in [0, 0.1) is 29.6 Å². The molecule has 2 bridgehead atoms. The molecular weight excluding hydrogens is 600 g/mol. The summed E-state index contributed by atoms with van der Waals surface area (Å²) in [6.45, 7) is 5.04. The van der Waals surface area contributed by atoms with Crippen molar-refractivity contribution in [2.45, 2.75) is 42.9 Å². The number of imide groups is 1. The van der Waals surface area contributed by atoms with Gasteiger partial charge in [-0.05, 0) is 55.4 Å². The molecule has 1 aromatic carbocycles. The van der Waals surface area contributed by atoms with Crippen LogP contribution in [-0.2, 0) is 28.7 Å². The van der Waals surface area contributed by atoms with Crippen molar-refractivity contribution in [1.29, 1.82) is 0 Å². The van der Waals surface area contributed by atoms with E-state index >= 15 is 0 Å². The number of esters is 2. The average molecular weight is 628 g/mol. The molecule has 2 saturated carbocycles. The zero-order valence-electron chi connectivity index (χ0n) is 20.1. The Balaban J connectivity index is 1.28. The molecule has 3 aliphatic rings. The van der Waals surface area contributed by atoms with Crippen LogP contribution in [0.2, 0.25) is 0 Å². The maximum absolute atomic E-state index is 13.1. The second-order valence-electron chi connectivity index (χ2n) is 9.95. The highest BCUT2D eigenvalue weighted by Crippen LogP contribution is 2.60. The highest BCUT2D eigenvalue weighted by atomic mass is 79.9. The largest absolute Gasteiger partial charge is 0.462 e. The fourth-order valence-electron chi connectivity index (χ4n) is 5.33. The number of benzene rings is 1. The normalized spacial score (nSPS) is 29.3. The summed E-state index contributed by atoms with van der Waals surface area (Å²) in [6, 6.07) is 5.00. The van der Waals surface area contributed by atoms with Crippen LogP contribution in [0.4, 0.5) is 5.69 Å². The molecular formula is C25H28Br2N2O7. The molecule has 194 valence electrons. The van der Waals surface area contributed by atoms with E-state index in [0.717, 1.165) is 11.3 Å². The molecule has 0 unspecified atom stereocenters. The summed E-state index contributed by atoms with van der Waals surface area (Å²) in [5.74, 6) is -3.10. The first-order valence-electron chi connectivity index (χ1n) is 11.9. The highest BCUT2D eigenvalue weighted by Gasteiger charge is 2.67. The third kappa shape index (κ3) is 4.96. The van der Waals surface area contributed by atoms with E-state index in [1.807, 2.05) is 13.8 Å². The molecule has 9 nitrogen and oxygen atoms in total. The smallest absolute Gasteiger partial charge is 0.338 e. The molecule has 0 spiro atoms. The number of hydrogen-bond donors (Lipinski definition) is 1. The average Bonchev–Trinajstić information content (AvgIpc) is 3.45. The molecule has 3 amide bonds. The van der Waals surface area contributed by atoms with Gasteiger partial charge in [-0.3, -0.25) is 19.3 Å². The first-order valence-corrected chi connectivity index (χ1v) is 13.7. The number of amides is 3. The second-order valence-corrected chi connectivity index (χ2v) is 12.1. The maximum Gasteiger partial charge on any atom is 0.338 e. The number of carbonyl (C=O) groups is 5. The zero-order valence-corrected chi connectivity index (χ0v) is 23.3. The van der Waals surface area contributed by atoms with E-state index in [-0.39, 0.29) is 39.2 Å². The predicted molar refractivity (Wildman–Crippen MR) is 136 cm³/mol. The van der Waals surface area contributed by atoms with Crippen LogP contribution in [-0.4, -0.2) is 63.5 Å². The van der Waals surface area contributed by atoms with Gasteiger partial charge in [0.05, 0.1) is 24.0 Å². The molecule has 3 fully saturated rings. The third-order valence-electron chi connectivity index (χ3n) is 7.05. The number of likely N-dealkylation sites (tertiary alicyclic amines) is 1. The molecule has 1 N–H and O–H groups in total. The van der Waals surface area contributed by atoms with Crippen LogP contribution in [0.15, 0.2) is 24.3 Å². The van der Waals surface area contributed by atoms with Gasteiger partial charge in [0, 0.05) is 15.3 Å². The van der Waals surface area contributed by atoms with Gasteiger partial charge in [-0.2, -0.15) is 0 Å². The Morgan fingerprint density at radius 1 is 0.972 bits per heavy atom. The molecule has 1 aliphatic heterocycles. The van der Waals surface area contributed by atoms with Crippen molar-refractivity contribution in [3.63, 3.8) is 0 Å². The molecule has 0 radical (unpaired) electrons. The van der Waals surface area contributed by atoms with Crippen LogP contribution in [0.1, 0.15) is 37.6 Å². The summed E-state index contributed by atoms with van der Waals surface area (Å²) < 4.78 is 10.3. The van der Waals surface area contributed by atoms with E-state index in [9.17, 15) is 24.0 Å². The SMILES string of the molecule is CC(C)COC(=O)c1ccc(NC(=O)COC(=O)[C@H](C)N2C(=O)[C@@H]3[C@H]4C[C@@H]([C@@H](Br)[C@H]4Br)[C@H]3C2=O)cc1. The Morgan fingerprint density at radius 2 is 1.53 bits per heavy atom. The van der Waals surface area contributed by atoms with Crippen LogP contribution in [0.3, 0.4) is 0 Å². The number of hydrogen-bond acceptors (Lipinski definition) is 7. The summed E-state index contributed by atoms with van der Waals surface area (Å²) in [4.78, 5) is 64.2. The summed E-state index contributed by atoms with van der Waals surface area (Å²) in [5.41, 5.74) is 0.760. The highest BCUT2D eigenvalue weighted by molar-refractivity contribution is 9.12. The Labute approximate surface area is 225 Å². The lowest BCUT2D eigenvalue weighted by molar-refractivity contribution is -0.159. The number of nitrogens with zero attached hydrogens (tertiary/aromatic N) is 1. The second kappa shape index (κ2) is 10.6. The monoisotopic (exact) mass is 626 g/mol.